The molecule has 0 aliphatic heterocycles. The van der Waals surface area contributed by atoms with E-state index in [-0.39, 0.29) is 25.3 Å². The van der Waals surface area contributed by atoms with Crippen molar-refractivity contribution in [3.8, 4) is 0 Å². The Kier molecular flexibility index (Phi) is 6.09. The van der Waals surface area contributed by atoms with Crippen LogP contribution in [-0.4, -0.2) is 35.5 Å². The molecule has 2 amide bonds. The summed E-state index contributed by atoms with van der Waals surface area (Å²) in [5.74, 6) is -2.28. The number of hydrogen-bond acceptors (Lipinski definition) is 4. The second-order valence-corrected chi connectivity index (χ2v) is 3.73. The highest BCUT2D eigenvalue weighted by Crippen LogP contribution is 1.99. The van der Waals surface area contributed by atoms with Crippen LogP contribution in [0.3, 0.4) is 0 Å². The number of carbonyl (C=O) groups is 3. The van der Waals surface area contributed by atoms with Crippen LogP contribution in [0, 0.1) is 5.92 Å². The number of aliphatic carboxylic acids is 1. The van der Waals surface area contributed by atoms with Gasteiger partial charge < -0.3 is 21.9 Å². The van der Waals surface area contributed by atoms with Crippen LogP contribution in [-0.2, 0) is 14.4 Å². The third-order valence-electron chi connectivity index (χ3n) is 1.91. The maximum absolute atomic E-state index is 11.3. The lowest BCUT2D eigenvalue weighted by Crippen LogP contribution is -2.44. The summed E-state index contributed by atoms with van der Waals surface area (Å²) in [5.41, 5.74) is 10.3. The molecule has 7 nitrogen and oxygen atoms in total. The summed E-state index contributed by atoms with van der Waals surface area (Å²) in [6.45, 7) is 1.89. The van der Waals surface area contributed by atoms with Gasteiger partial charge >= 0.3 is 5.97 Å². The average molecular weight is 231 g/mol. The Morgan fingerprint density at radius 2 is 1.88 bits per heavy atom. The van der Waals surface area contributed by atoms with Gasteiger partial charge in [0.05, 0.1) is 12.5 Å². The summed E-state index contributed by atoms with van der Waals surface area (Å²) >= 11 is 0. The molecule has 0 radical (unpaired) electrons. The SMILES string of the molecule is CC(CNC(=O)C(N)CC(N)=O)CC(=O)O. The fourth-order valence-electron chi connectivity index (χ4n) is 1.09. The number of hydrogen-bond donors (Lipinski definition) is 4. The van der Waals surface area contributed by atoms with E-state index in [1.165, 1.54) is 0 Å². The summed E-state index contributed by atoms with van der Waals surface area (Å²) < 4.78 is 0. The van der Waals surface area contributed by atoms with E-state index in [9.17, 15) is 14.4 Å². The molecule has 0 heterocycles. The molecular weight excluding hydrogens is 214 g/mol. The summed E-state index contributed by atoms with van der Waals surface area (Å²) in [6.07, 6.45) is -0.259. The van der Waals surface area contributed by atoms with E-state index in [4.69, 9.17) is 16.6 Å². The quantitative estimate of drug-likeness (QED) is 0.419. The maximum Gasteiger partial charge on any atom is 0.303 e. The lowest BCUT2D eigenvalue weighted by Gasteiger charge is -2.13. The predicted molar refractivity (Wildman–Crippen MR) is 56.2 cm³/mol. The third kappa shape index (κ3) is 6.77. The zero-order chi connectivity index (χ0) is 12.7. The van der Waals surface area contributed by atoms with E-state index in [2.05, 4.69) is 5.32 Å². The predicted octanol–water partition coefficient (Wildman–Crippen LogP) is -1.58. The van der Waals surface area contributed by atoms with E-state index in [0.717, 1.165) is 0 Å². The maximum atomic E-state index is 11.3. The van der Waals surface area contributed by atoms with Gasteiger partial charge in [0.2, 0.25) is 11.8 Å². The Morgan fingerprint density at radius 1 is 1.31 bits per heavy atom. The molecule has 0 aromatic rings. The highest BCUT2D eigenvalue weighted by molar-refractivity contribution is 5.87. The van der Waals surface area contributed by atoms with Gasteiger partial charge in [-0.1, -0.05) is 6.92 Å². The van der Waals surface area contributed by atoms with Gasteiger partial charge in [-0.25, -0.2) is 0 Å². The molecule has 92 valence electrons. The van der Waals surface area contributed by atoms with E-state index >= 15 is 0 Å². The van der Waals surface area contributed by atoms with Gasteiger partial charge in [0, 0.05) is 13.0 Å². The van der Waals surface area contributed by atoms with E-state index < -0.39 is 23.8 Å². The van der Waals surface area contributed by atoms with Gasteiger partial charge in [-0.3, -0.25) is 14.4 Å². The number of nitrogens with two attached hydrogens (primary N) is 2. The van der Waals surface area contributed by atoms with Crippen molar-refractivity contribution in [1.82, 2.24) is 5.32 Å². The fraction of sp³-hybridized carbons (Fsp3) is 0.667. The molecule has 2 unspecified atom stereocenters. The third-order valence-corrected chi connectivity index (χ3v) is 1.91. The molecule has 7 heteroatoms. The van der Waals surface area contributed by atoms with Crippen molar-refractivity contribution in [2.45, 2.75) is 25.8 Å². The number of carboxylic acid groups (broad SMARTS) is 1. The Morgan fingerprint density at radius 3 is 2.31 bits per heavy atom. The Labute approximate surface area is 93.2 Å². The van der Waals surface area contributed by atoms with E-state index in [1.807, 2.05) is 0 Å². The van der Waals surface area contributed by atoms with Gasteiger partial charge in [-0.05, 0) is 5.92 Å². The van der Waals surface area contributed by atoms with E-state index in [1.54, 1.807) is 6.92 Å². The topological polar surface area (TPSA) is 136 Å². The first kappa shape index (κ1) is 14.4. The van der Waals surface area contributed by atoms with Crippen LogP contribution in [0.2, 0.25) is 0 Å². The summed E-state index contributed by atoms with van der Waals surface area (Å²) in [6, 6.07) is -0.977. The van der Waals surface area contributed by atoms with E-state index in [0.29, 0.717) is 0 Å². The number of amides is 2. The zero-order valence-electron chi connectivity index (χ0n) is 9.10. The van der Waals surface area contributed by atoms with Crippen LogP contribution in [0.4, 0.5) is 0 Å². The van der Waals surface area contributed by atoms with Crippen molar-refractivity contribution in [2.24, 2.45) is 17.4 Å². The highest BCUT2D eigenvalue weighted by atomic mass is 16.4. The number of primary amides is 1. The largest absolute Gasteiger partial charge is 0.481 e. The molecule has 0 bridgehead atoms. The van der Waals surface area contributed by atoms with Crippen LogP contribution < -0.4 is 16.8 Å². The smallest absolute Gasteiger partial charge is 0.303 e. The molecule has 0 saturated carbocycles. The fourth-order valence-corrected chi connectivity index (χ4v) is 1.09. The van der Waals surface area contributed by atoms with Crippen molar-refractivity contribution in [3.05, 3.63) is 0 Å². The number of carbonyl (C=O) groups excluding carboxylic acids is 2. The van der Waals surface area contributed by atoms with Crippen LogP contribution >= 0.6 is 0 Å². The normalized spacial score (nSPS) is 13.9. The molecule has 0 aromatic carbocycles. The molecule has 6 N–H and O–H groups in total. The molecule has 0 spiro atoms. The van der Waals surface area contributed by atoms with Gasteiger partial charge in [0.25, 0.3) is 0 Å². The lowest BCUT2D eigenvalue weighted by molar-refractivity contribution is -0.138. The minimum atomic E-state index is -0.977. The Bertz CT molecular complexity index is 280. The summed E-state index contributed by atoms with van der Waals surface area (Å²) in [4.78, 5) is 32.1. The Hall–Kier alpha value is -1.63. The Balaban J connectivity index is 3.88. The summed E-state index contributed by atoms with van der Waals surface area (Å²) in [5, 5.41) is 10.9. The molecule has 16 heavy (non-hydrogen) atoms. The molecule has 0 aliphatic carbocycles. The van der Waals surface area contributed by atoms with Crippen molar-refractivity contribution in [2.75, 3.05) is 6.54 Å². The average Bonchev–Trinajstić information content (AvgIpc) is 2.11. The summed E-state index contributed by atoms with van der Waals surface area (Å²) in [7, 11) is 0. The molecule has 0 aromatic heterocycles. The molecule has 0 fully saturated rings. The van der Waals surface area contributed by atoms with Crippen molar-refractivity contribution in [3.63, 3.8) is 0 Å². The molecule has 0 saturated heterocycles. The van der Waals surface area contributed by atoms with Gasteiger partial charge in [0.1, 0.15) is 0 Å². The van der Waals surface area contributed by atoms with Crippen LogP contribution in [0.15, 0.2) is 0 Å². The minimum Gasteiger partial charge on any atom is -0.481 e. The standard InChI is InChI=1S/C9H17N3O4/c1-5(2-8(14)15)4-12-9(16)6(10)3-7(11)13/h5-6H,2-4,10H2,1H3,(H2,11,13)(H,12,16)(H,14,15). The second-order valence-electron chi connectivity index (χ2n) is 3.73. The molecule has 0 aliphatic rings. The van der Waals surface area contributed by atoms with Gasteiger partial charge in [-0.2, -0.15) is 0 Å². The zero-order valence-corrected chi connectivity index (χ0v) is 9.10. The van der Waals surface area contributed by atoms with Crippen LogP contribution in [0.5, 0.6) is 0 Å². The first-order chi connectivity index (χ1) is 7.32. The van der Waals surface area contributed by atoms with Gasteiger partial charge in [-0.15, -0.1) is 0 Å². The van der Waals surface area contributed by atoms with Crippen LogP contribution in [0.1, 0.15) is 19.8 Å². The number of carboxylic acids is 1. The lowest BCUT2D eigenvalue weighted by atomic mass is 10.1. The first-order valence-electron chi connectivity index (χ1n) is 4.86. The first-order valence-corrected chi connectivity index (χ1v) is 4.86. The number of nitrogens with one attached hydrogen (secondary N) is 1. The van der Waals surface area contributed by atoms with Gasteiger partial charge in [0.15, 0.2) is 0 Å². The van der Waals surface area contributed by atoms with Crippen molar-refractivity contribution in [1.29, 1.82) is 0 Å². The highest BCUT2D eigenvalue weighted by Gasteiger charge is 2.16. The van der Waals surface area contributed by atoms with Crippen molar-refractivity contribution >= 4 is 17.8 Å². The monoisotopic (exact) mass is 231 g/mol. The van der Waals surface area contributed by atoms with Crippen molar-refractivity contribution < 1.29 is 19.5 Å². The minimum absolute atomic E-state index is 0.0364. The molecular formula is C9H17N3O4. The molecule has 2 atom stereocenters. The number of rotatable bonds is 7. The van der Waals surface area contributed by atoms with Crippen LogP contribution in [0.25, 0.3) is 0 Å². The molecule has 0 rings (SSSR count). The second kappa shape index (κ2) is 6.78.